The van der Waals surface area contributed by atoms with Gasteiger partial charge >= 0.3 is 0 Å². The highest BCUT2D eigenvalue weighted by atomic mass is 32.1. The molecule has 0 fully saturated rings. The Hall–Kier alpha value is -1.46. The first kappa shape index (κ1) is 14.9. The summed E-state index contributed by atoms with van der Waals surface area (Å²) in [6.07, 6.45) is 0. The highest BCUT2D eigenvalue weighted by molar-refractivity contribution is 7.09. The smallest absolute Gasteiger partial charge is 0.131 e. The maximum Gasteiger partial charge on any atom is 0.131 e. The Bertz CT molecular complexity index is 571. The van der Waals surface area contributed by atoms with E-state index in [4.69, 9.17) is 4.74 Å². The van der Waals surface area contributed by atoms with Crippen LogP contribution < -0.4 is 10.1 Å². The SMILES string of the molecule is CCNC(C)c1ccc(F)cc1OCc1csc(C)n1. The predicted molar refractivity (Wildman–Crippen MR) is 79.7 cm³/mol. The molecule has 1 aromatic heterocycles. The van der Waals surface area contributed by atoms with Crippen LogP contribution in [0.4, 0.5) is 4.39 Å². The fourth-order valence-electron chi connectivity index (χ4n) is 2.03. The summed E-state index contributed by atoms with van der Waals surface area (Å²) in [4.78, 5) is 4.34. The van der Waals surface area contributed by atoms with E-state index < -0.39 is 0 Å². The summed E-state index contributed by atoms with van der Waals surface area (Å²) in [7, 11) is 0. The van der Waals surface area contributed by atoms with Gasteiger partial charge in [0.15, 0.2) is 0 Å². The van der Waals surface area contributed by atoms with Crippen LogP contribution in [0.25, 0.3) is 0 Å². The van der Waals surface area contributed by atoms with E-state index in [0.29, 0.717) is 12.4 Å². The van der Waals surface area contributed by atoms with Gasteiger partial charge in [0.2, 0.25) is 0 Å². The Morgan fingerprint density at radius 2 is 2.25 bits per heavy atom. The van der Waals surface area contributed by atoms with Crippen molar-refractivity contribution < 1.29 is 9.13 Å². The Morgan fingerprint density at radius 3 is 2.90 bits per heavy atom. The molecule has 0 aliphatic heterocycles. The second kappa shape index (κ2) is 6.81. The largest absolute Gasteiger partial charge is 0.487 e. The number of rotatable bonds is 6. The normalized spacial score (nSPS) is 12.4. The summed E-state index contributed by atoms with van der Waals surface area (Å²) in [5.74, 6) is 0.283. The molecule has 1 atom stereocenters. The molecule has 0 bridgehead atoms. The monoisotopic (exact) mass is 294 g/mol. The first-order valence-electron chi connectivity index (χ1n) is 6.66. The van der Waals surface area contributed by atoms with Gasteiger partial charge in [0, 0.05) is 23.1 Å². The van der Waals surface area contributed by atoms with Gasteiger partial charge in [-0.3, -0.25) is 0 Å². The Morgan fingerprint density at radius 1 is 1.45 bits per heavy atom. The molecule has 5 heteroatoms. The number of hydrogen-bond donors (Lipinski definition) is 1. The molecule has 0 spiro atoms. The minimum Gasteiger partial charge on any atom is -0.487 e. The van der Waals surface area contributed by atoms with Crippen molar-refractivity contribution in [3.8, 4) is 5.75 Å². The second-order valence-electron chi connectivity index (χ2n) is 4.61. The number of aromatic nitrogens is 1. The van der Waals surface area contributed by atoms with Crippen LogP contribution in [-0.4, -0.2) is 11.5 Å². The molecule has 0 aliphatic rings. The van der Waals surface area contributed by atoms with Crippen LogP contribution >= 0.6 is 11.3 Å². The number of benzene rings is 1. The van der Waals surface area contributed by atoms with Crippen molar-refractivity contribution in [2.24, 2.45) is 0 Å². The summed E-state index contributed by atoms with van der Waals surface area (Å²) < 4.78 is 19.2. The number of hydrogen-bond acceptors (Lipinski definition) is 4. The summed E-state index contributed by atoms with van der Waals surface area (Å²) in [6.45, 7) is 7.24. The van der Waals surface area contributed by atoms with Crippen LogP contribution in [0.15, 0.2) is 23.6 Å². The van der Waals surface area contributed by atoms with Gasteiger partial charge in [-0.05, 0) is 26.5 Å². The van der Waals surface area contributed by atoms with E-state index in [-0.39, 0.29) is 11.9 Å². The van der Waals surface area contributed by atoms with Crippen molar-refractivity contribution in [3.05, 3.63) is 45.7 Å². The number of ether oxygens (including phenoxy) is 1. The van der Waals surface area contributed by atoms with Crippen LogP contribution in [0.5, 0.6) is 5.75 Å². The van der Waals surface area contributed by atoms with E-state index >= 15 is 0 Å². The lowest BCUT2D eigenvalue weighted by Crippen LogP contribution is -2.18. The van der Waals surface area contributed by atoms with E-state index in [2.05, 4.69) is 10.3 Å². The molecular weight excluding hydrogens is 275 g/mol. The first-order valence-corrected chi connectivity index (χ1v) is 7.54. The van der Waals surface area contributed by atoms with Crippen LogP contribution in [0, 0.1) is 12.7 Å². The molecule has 2 rings (SSSR count). The summed E-state index contributed by atoms with van der Waals surface area (Å²) in [5.41, 5.74) is 1.83. The van der Waals surface area contributed by atoms with Crippen molar-refractivity contribution in [2.45, 2.75) is 33.4 Å². The highest BCUT2D eigenvalue weighted by Gasteiger charge is 2.12. The maximum absolute atomic E-state index is 13.4. The van der Waals surface area contributed by atoms with Crippen molar-refractivity contribution in [1.82, 2.24) is 10.3 Å². The van der Waals surface area contributed by atoms with Gasteiger partial charge in [0.25, 0.3) is 0 Å². The summed E-state index contributed by atoms with van der Waals surface area (Å²) >= 11 is 1.58. The van der Waals surface area contributed by atoms with Gasteiger partial charge in [-0.1, -0.05) is 13.0 Å². The number of thiazole rings is 1. The lowest BCUT2D eigenvalue weighted by atomic mass is 10.1. The van der Waals surface area contributed by atoms with Gasteiger partial charge in [0.05, 0.1) is 10.7 Å². The predicted octanol–water partition coefficient (Wildman–Crippen LogP) is 3.84. The van der Waals surface area contributed by atoms with Crippen molar-refractivity contribution in [2.75, 3.05) is 6.54 Å². The molecular formula is C15H19FN2OS. The fourth-order valence-corrected chi connectivity index (χ4v) is 2.63. The zero-order valence-corrected chi connectivity index (χ0v) is 12.8. The van der Waals surface area contributed by atoms with Crippen molar-refractivity contribution in [3.63, 3.8) is 0 Å². The summed E-state index contributed by atoms with van der Waals surface area (Å²) in [5, 5.41) is 6.27. The Kier molecular flexibility index (Phi) is 5.09. The number of aryl methyl sites for hydroxylation is 1. The molecule has 2 aromatic rings. The molecule has 0 amide bonds. The zero-order chi connectivity index (χ0) is 14.5. The van der Waals surface area contributed by atoms with E-state index in [1.807, 2.05) is 26.2 Å². The molecule has 108 valence electrons. The van der Waals surface area contributed by atoms with Gasteiger partial charge in [-0.25, -0.2) is 9.37 Å². The Labute approximate surface area is 122 Å². The van der Waals surface area contributed by atoms with E-state index in [0.717, 1.165) is 22.8 Å². The third kappa shape index (κ3) is 3.77. The minimum absolute atomic E-state index is 0.118. The molecule has 0 aliphatic carbocycles. The molecule has 1 aromatic carbocycles. The average Bonchev–Trinajstić information content (AvgIpc) is 2.82. The van der Waals surface area contributed by atoms with Gasteiger partial charge < -0.3 is 10.1 Å². The summed E-state index contributed by atoms with van der Waals surface area (Å²) in [6, 6.07) is 4.78. The van der Waals surface area contributed by atoms with Crippen molar-refractivity contribution >= 4 is 11.3 Å². The standard InChI is InChI=1S/C15H19FN2OS/c1-4-17-10(2)14-6-5-12(16)7-15(14)19-8-13-9-20-11(3)18-13/h5-7,9-10,17H,4,8H2,1-3H3. The molecule has 0 saturated heterocycles. The maximum atomic E-state index is 13.4. The molecule has 0 radical (unpaired) electrons. The topological polar surface area (TPSA) is 34.1 Å². The second-order valence-corrected chi connectivity index (χ2v) is 5.67. The lowest BCUT2D eigenvalue weighted by Gasteiger charge is -2.17. The molecule has 1 N–H and O–H groups in total. The third-order valence-corrected chi connectivity index (χ3v) is 3.82. The van der Waals surface area contributed by atoms with Crippen LogP contribution in [0.1, 0.15) is 36.2 Å². The minimum atomic E-state index is -0.290. The van der Waals surface area contributed by atoms with Gasteiger partial charge in [0.1, 0.15) is 18.2 Å². The fraction of sp³-hybridized carbons (Fsp3) is 0.400. The molecule has 3 nitrogen and oxygen atoms in total. The van der Waals surface area contributed by atoms with Crippen LogP contribution in [-0.2, 0) is 6.61 Å². The lowest BCUT2D eigenvalue weighted by molar-refractivity contribution is 0.294. The number of halogens is 1. The molecule has 20 heavy (non-hydrogen) atoms. The zero-order valence-electron chi connectivity index (χ0n) is 11.9. The average molecular weight is 294 g/mol. The quantitative estimate of drug-likeness (QED) is 0.879. The molecule has 1 unspecified atom stereocenters. The number of nitrogens with one attached hydrogen (secondary N) is 1. The van der Waals surface area contributed by atoms with Crippen LogP contribution in [0.2, 0.25) is 0 Å². The Balaban J connectivity index is 2.14. The van der Waals surface area contributed by atoms with Gasteiger partial charge in [-0.15, -0.1) is 11.3 Å². The van der Waals surface area contributed by atoms with E-state index in [1.165, 1.54) is 12.1 Å². The highest BCUT2D eigenvalue weighted by Crippen LogP contribution is 2.27. The molecule has 0 saturated carbocycles. The molecule has 1 heterocycles. The van der Waals surface area contributed by atoms with Gasteiger partial charge in [-0.2, -0.15) is 0 Å². The van der Waals surface area contributed by atoms with E-state index in [1.54, 1.807) is 17.4 Å². The number of nitrogens with zero attached hydrogens (tertiary/aromatic N) is 1. The van der Waals surface area contributed by atoms with Crippen LogP contribution in [0.3, 0.4) is 0 Å². The third-order valence-electron chi connectivity index (χ3n) is 2.99. The van der Waals surface area contributed by atoms with E-state index in [9.17, 15) is 4.39 Å². The van der Waals surface area contributed by atoms with Crippen molar-refractivity contribution in [1.29, 1.82) is 0 Å². The first-order chi connectivity index (χ1) is 9.60.